The Labute approximate surface area is 117 Å². The van der Waals surface area contributed by atoms with Gasteiger partial charge in [0.25, 0.3) is 0 Å². The summed E-state index contributed by atoms with van der Waals surface area (Å²) >= 11 is 0. The summed E-state index contributed by atoms with van der Waals surface area (Å²) in [5.41, 5.74) is -0.302. The van der Waals surface area contributed by atoms with Crippen LogP contribution >= 0.6 is 0 Å². The largest absolute Gasteiger partial charge is 0.481 e. The van der Waals surface area contributed by atoms with Crippen molar-refractivity contribution < 1.29 is 29.5 Å². The zero-order chi connectivity index (χ0) is 16.0. The molecule has 0 unspecified atom stereocenters. The molecule has 0 aliphatic carbocycles. The van der Waals surface area contributed by atoms with Crippen LogP contribution in [-0.4, -0.2) is 48.8 Å². The third kappa shape index (κ3) is 5.26. The summed E-state index contributed by atoms with van der Waals surface area (Å²) in [6.45, 7) is -0.412. The van der Waals surface area contributed by atoms with Crippen LogP contribution in [0.2, 0.25) is 0 Å². The standard InChI is InChI=1S/C10H12N4O7/c15-8(5-13-4-6(3-11-13)14(20)21)12-7(10(18)19)1-2-9(16)17/h3-4,7H,1-2,5H2,(H,12,15)(H,16,17)(H,18,19)/t7-/m0/s1. The lowest BCUT2D eigenvalue weighted by atomic mass is 10.1. The second-order valence-electron chi connectivity index (χ2n) is 4.04. The Balaban J connectivity index is 2.58. The lowest BCUT2D eigenvalue weighted by molar-refractivity contribution is -0.385. The maximum absolute atomic E-state index is 11.6. The van der Waals surface area contributed by atoms with Gasteiger partial charge in [0, 0.05) is 6.42 Å². The molecule has 0 saturated carbocycles. The van der Waals surface area contributed by atoms with Gasteiger partial charge in [-0.3, -0.25) is 24.4 Å². The fourth-order valence-electron chi connectivity index (χ4n) is 1.45. The van der Waals surface area contributed by atoms with Gasteiger partial charge in [-0.05, 0) is 6.42 Å². The van der Waals surface area contributed by atoms with Gasteiger partial charge in [-0.1, -0.05) is 0 Å². The number of carbonyl (C=O) groups is 3. The predicted octanol–water partition coefficient (Wildman–Crippen LogP) is -0.775. The van der Waals surface area contributed by atoms with Crippen LogP contribution in [0.5, 0.6) is 0 Å². The number of hydrogen-bond acceptors (Lipinski definition) is 6. The zero-order valence-electron chi connectivity index (χ0n) is 10.6. The number of aromatic nitrogens is 2. The number of aliphatic carboxylic acids is 2. The van der Waals surface area contributed by atoms with Crippen molar-refractivity contribution in [2.24, 2.45) is 0 Å². The number of carboxylic acids is 2. The summed E-state index contributed by atoms with van der Waals surface area (Å²) in [4.78, 5) is 42.6. The summed E-state index contributed by atoms with van der Waals surface area (Å²) < 4.78 is 0.976. The Hall–Kier alpha value is -2.98. The monoisotopic (exact) mass is 300 g/mol. The molecule has 0 bridgehead atoms. The highest BCUT2D eigenvalue weighted by atomic mass is 16.6. The molecule has 0 aromatic carbocycles. The average Bonchev–Trinajstić information content (AvgIpc) is 2.82. The summed E-state index contributed by atoms with van der Waals surface area (Å²) in [7, 11) is 0. The number of hydrogen-bond donors (Lipinski definition) is 3. The van der Waals surface area contributed by atoms with Gasteiger partial charge >= 0.3 is 17.6 Å². The van der Waals surface area contributed by atoms with Gasteiger partial charge in [-0.25, -0.2) is 4.79 Å². The molecule has 21 heavy (non-hydrogen) atoms. The number of amides is 1. The van der Waals surface area contributed by atoms with E-state index < -0.39 is 41.8 Å². The molecule has 0 aliphatic rings. The molecule has 1 heterocycles. The molecular formula is C10H12N4O7. The quantitative estimate of drug-likeness (QED) is 0.415. The molecule has 0 spiro atoms. The van der Waals surface area contributed by atoms with Crippen molar-refractivity contribution in [3.05, 3.63) is 22.5 Å². The third-order valence-electron chi connectivity index (χ3n) is 2.42. The molecule has 1 amide bonds. The molecule has 114 valence electrons. The van der Waals surface area contributed by atoms with Gasteiger partial charge in [0.2, 0.25) is 5.91 Å². The van der Waals surface area contributed by atoms with Gasteiger partial charge in [0.1, 0.15) is 25.0 Å². The highest BCUT2D eigenvalue weighted by molar-refractivity contribution is 5.83. The van der Waals surface area contributed by atoms with Gasteiger partial charge in [-0.2, -0.15) is 5.10 Å². The summed E-state index contributed by atoms with van der Waals surface area (Å²) in [5, 5.41) is 33.5. The third-order valence-corrected chi connectivity index (χ3v) is 2.42. The maximum atomic E-state index is 11.6. The maximum Gasteiger partial charge on any atom is 0.326 e. The molecule has 0 aliphatic heterocycles. The second-order valence-corrected chi connectivity index (χ2v) is 4.04. The smallest absolute Gasteiger partial charge is 0.326 e. The zero-order valence-corrected chi connectivity index (χ0v) is 10.6. The number of nitro groups is 1. The van der Waals surface area contributed by atoms with E-state index >= 15 is 0 Å². The molecular weight excluding hydrogens is 288 g/mol. The minimum Gasteiger partial charge on any atom is -0.481 e. The number of carboxylic acid groups (broad SMARTS) is 2. The van der Waals surface area contributed by atoms with E-state index in [2.05, 4.69) is 10.4 Å². The summed E-state index contributed by atoms with van der Waals surface area (Å²) in [6, 6.07) is -1.35. The van der Waals surface area contributed by atoms with Crippen LogP contribution < -0.4 is 5.32 Å². The lowest BCUT2D eigenvalue weighted by Gasteiger charge is -2.13. The highest BCUT2D eigenvalue weighted by Crippen LogP contribution is 2.07. The Bertz CT molecular complexity index is 568. The molecule has 1 aromatic rings. The first-order chi connectivity index (χ1) is 9.79. The minimum atomic E-state index is -1.36. The predicted molar refractivity (Wildman–Crippen MR) is 65.3 cm³/mol. The second kappa shape index (κ2) is 6.98. The first-order valence-corrected chi connectivity index (χ1v) is 5.70. The average molecular weight is 300 g/mol. The molecule has 0 fully saturated rings. The van der Waals surface area contributed by atoms with Gasteiger partial charge in [0.05, 0.1) is 4.92 Å². The molecule has 1 rings (SSSR count). The van der Waals surface area contributed by atoms with E-state index in [9.17, 15) is 24.5 Å². The Morgan fingerprint density at radius 2 is 2.10 bits per heavy atom. The van der Waals surface area contributed by atoms with E-state index in [1.54, 1.807) is 0 Å². The van der Waals surface area contributed by atoms with Crippen LogP contribution in [0.1, 0.15) is 12.8 Å². The normalized spacial score (nSPS) is 11.6. The topological polar surface area (TPSA) is 165 Å². The minimum absolute atomic E-state index is 0.268. The molecule has 0 saturated heterocycles. The number of nitrogens with one attached hydrogen (secondary N) is 1. The van der Waals surface area contributed by atoms with E-state index in [1.807, 2.05) is 0 Å². The van der Waals surface area contributed by atoms with Gasteiger partial charge < -0.3 is 15.5 Å². The summed E-state index contributed by atoms with van der Waals surface area (Å²) in [5.74, 6) is -3.29. The fraction of sp³-hybridized carbons (Fsp3) is 0.400. The van der Waals surface area contributed by atoms with Crippen LogP contribution in [-0.2, 0) is 20.9 Å². The van der Waals surface area contributed by atoms with Crippen LogP contribution in [0.15, 0.2) is 12.4 Å². The SMILES string of the molecule is O=C(O)CC[C@H](NC(=O)Cn1cc([N+](=O)[O-])cn1)C(=O)O. The van der Waals surface area contributed by atoms with E-state index in [0.717, 1.165) is 17.1 Å². The van der Waals surface area contributed by atoms with Gasteiger partial charge in [-0.15, -0.1) is 0 Å². The first-order valence-electron chi connectivity index (χ1n) is 5.70. The van der Waals surface area contributed by atoms with Crippen molar-refractivity contribution in [3.8, 4) is 0 Å². The Morgan fingerprint density at radius 1 is 1.43 bits per heavy atom. The molecule has 11 heteroatoms. The lowest BCUT2D eigenvalue weighted by Crippen LogP contribution is -2.42. The van der Waals surface area contributed by atoms with Crippen molar-refractivity contribution in [3.63, 3.8) is 0 Å². The van der Waals surface area contributed by atoms with Crippen molar-refractivity contribution in [2.75, 3.05) is 0 Å². The van der Waals surface area contributed by atoms with Crippen molar-refractivity contribution in [1.29, 1.82) is 0 Å². The molecule has 0 radical (unpaired) electrons. The van der Waals surface area contributed by atoms with E-state index in [1.165, 1.54) is 0 Å². The summed E-state index contributed by atoms with van der Waals surface area (Å²) in [6.07, 6.45) is 1.29. The van der Waals surface area contributed by atoms with Crippen molar-refractivity contribution in [1.82, 2.24) is 15.1 Å². The van der Waals surface area contributed by atoms with Crippen LogP contribution in [0.3, 0.4) is 0 Å². The number of carbonyl (C=O) groups excluding carboxylic acids is 1. The Kier molecular flexibility index (Phi) is 5.34. The van der Waals surface area contributed by atoms with Crippen molar-refractivity contribution in [2.45, 2.75) is 25.4 Å². The van der Waals surface area contributed by atoms with Gasteiger partial charge in [0.15, 0.2) is 0 Å². The first kappa shape index (κ1) is 16.1. The highest BCUT2D eigenvalue weighted by Gasteiger charge is 2.21. The molecule has 1 atom stereocenters. The molecule has 3 N–H and O–H groups in total. The van der Waals surface area contributed by atoms with Crippen LogP contribution in [0.4, 0.5) is 5.69 Å². The van der Waals surface area contributed by atoms with Crippen LogP contribution in [0, 0.1) is 10.1 Å². The van der Waals surface area contributed by atoms with E-state index in [-0.39, 0.29) is 12.1 Å². The van der Waals surface area contributed by atoms with E-state index in [0.29, 0.717) is 0 Å². The molecule has 11 nitrogen and oxygen atoms in total. The fourth-order valence-corrected chi connectivity index (χ4v) is 1.45. The number of rotatable bonds is 8. The van der Waals surface area contributed by atoms with E-state index in [4.69, 9.17) is 10.2 Å². The van der Waals surface area contributed by atoms with Crippen molar-refractivity contribution >= 4 is 23.5 Å². The van der Waals surface area contributed by atoms with Crippen LogP contribution in [0.25, 0.3) is 0 Å². The molecule has 1 aromatic heterocycles. The number of nitrogens with zero attached hydrogens (tertiary/aromatic N) is 3. The Morgan fingerprint density at radius 3 is 2.57 bits per heavy atom.